The summed E-state index contributed by atoms with van der Waals surface area (Å²) in [5.41, 5.74) is 0.802. The Morgan fingerprint density at radius 3 is 2.43 bits per heavy atom. The molecule has 1 amide bonds. The van der Waals surface area contributed by atoms with Gasteiger partial charge in [0, 0.05) is 18.6 Å². The molecule has 0 unspecified atom stereocenters. The van der Waals surface area contributed by atoms with Crippen molar-refractivity contribution in [1.82, 2.24) is 4.90 Å². The summed E-state index contributed by atoms with van der Waals surface area (Å²) in [5, 5.41) is 10.9. The lowest BCUT2D eigenvalue weighted by atomic mass is 9.81. The van der Waals surface area contributed by atoms with Crippen LogP contribution < -0.4 is 0 Å². The lowest BCUT2D eigenvalue weighted by molar-refractivity contribution is -0.384. The maximum Gasteiger partial charge on any atom is 0.355 e. The van der Waals surface area contributed by atoms with Crippen LogP contribution in [0.15, 0.2) is 47.0 Å². The molecule has 2 aliphatic heterocycles. The first-order valence-corrected chi connectivity index (χ1v) is 15.8. The van der Waals surface area contributed by atoms with Gasteiger partial charge >= 0.3 is 5.97 Å². The number of esters is 1. The van der Waals surface area contributed by atoms with Gasteiger partial charge in [0.2, 0.25) is 5.91 Å². The Hall–Kier alpha value is -2.43. The largest absolute Gasteiger partial charge is 0.456 e. The molecule has 1 aromatic carbocycles. The molecule has 0 aromatic heterocycles. The van der Waals surface area contributed by atoms with Crippen molar-refractivity contribution in [2.45, 2.75) is 71.0 Å². The van der Waals surface area contributed by atoms with Crippen LogP contribution in [0.3, 0.4) is 0 Å². The number of non-ortho nitro benzene ring substituents is 1. The van der Waals surface area contributed by atoms with Crippen LogP contribution in [-0.2, 0) is 25.4 Å². The van der Waals surface area contributed by atoms with Crippen molar-refractivity contribution in [3.05, 3.63) is 62.7 Å². The highest BCUT2D eigenvalue weighted by molar-refractivity contribution is 8.02. The maximum atomic E-state index is 13.3. The second-order valence-electron chi connectivity index (χ2n) is 10.5. The van der Waals surface area contributed by atoms with Crippen LogP contribution in [0, 0.1) is 16.0 Å². The van der Waals surface area contributed by atoms with Crippen LogP contribution in [0.1, 0.15) is 39.7 Å². The van der Waals surface area contributed by atoms with Crippen LogP contribution in [0.25, 0.3) is 0 Å². The zero-order valence-electron chi connectivity index (χ0n) is 21.4. The average Bonchev–Trinajstić information content (AvgIpc) is 2.93. The highest BCUT2D eigenvalue weighted by Crippen LogP contribution is 2.44. The number of carbonyl (C=O) groups is 2. The number of fused-ring (bicyclic) bond motifs is 1. The minimum atomic E-state index is -2.08. The molecular weight excluding hydrogens is 484 g/mol. The van der Waals surface area contributed by atoms with E-state index in [0.29, 0.717) is 12.0 Å². The lowest BCUT2D eigenvalue weighted by Gasteiger charge is -2.51. The summed E-state index contributed by atoms with van der Waals surface area (Å²) in [4.78, 5) is 39.3. The maximum absolute atomic E-state index is 13.3. The number of benzene rings is 1. The summed E-state index contributed by atoms with van der Waals surface area (Å²) >= 11 is 1.60. The molecule has 8 nitrogen and oxygen atoms in total. The van der Waals surface area contributed by atoms with E-state index >= 15 is 0 Å². The van der Waals surface area contributed by atoms with E-state index < -0.39 is 19.2 Å². The van der Waals surface area contributed by atoms with E-state index in [0.717, 1.165) is 4.91 Å². The molecule has 10 heteroatoms. The summed E-state index contributed by atoms with van der Waals surface area (Å²) in [6, 6.07) is 5.65. The number of hydrogen-bond donors (Lipinski definition) is 0. The van der Waals surface area contributed by atoms with Crippen molar-refractivity contribution >= 4 is 37.6 Å². The number of nitrogens with zero attached hydrogens (tertiary/aromatic N) is 2. The molecule has 0 spiro atoms. The quantitative estimate of drug-likeness (QED) is 0.149. The Balaban J connectivity index is 1.75. The van der Waals surface area contributed by atoms with Crippen molar-refractivity contribution in [3.8, 4) is 0 Å². The SMILES string of the molecule is CSC1=CC=C(C(=O)OCc2ccc([N+](=O)[O-])cc2)N2C(=O)[C@H]([C@@H](C)O[Si](C)(C)C(C)(C)C)[C@H]2C1. The first kappa shape index (κ1) is 27.2. The number of nitro groups is 1. The molecule has 1 fully saturated rings. The Morgan fingerprint density at radius 1 is 1.26 bits per heavy atom. The number of rotatable bonds is 8. The van der Waals surface area contributed by atoms with Gasteiger partial charge in [-0.1, -0.05) is 26.8 Å². The van der Waals surface area contributed by atoms with E-state index in [9.17, 15) is 19.7 Å². The van der Waals surface area contributed by atoms with E-state index in [1.807, 2.05) is 19.3 Å². The van der Waals surface area contributed by atoms with E-state index in [-0.39, 0.29) is 47.0 Å². The van der Waals surface area contributed by atoms with Crippen molar-refractivity contribution in [2.75, 3.05) is 6.26 Å². The van der Waals surface area contributed by atoms with Gasteiger partial charge in [-0.25, -0.2) is 4.79 Å². The molecule has 0 aliphatic carbocycles. The average molecular weight is 519 g/mol. The zero-order chi connectivity index (χ0) is 26.1. The Labute approximate surface area is 212 Å². The third kappa shape index (κ3) is 5.70. The Bertz CT molecular complexity index is 1060. The number of β-lactam (4-membered cyclic amide) rings is 1. The first-order valence-electron chi connectivity index (χ1n) is 11.6. The molecule has 3 atom stereocenters. The molecule has 35 heavy (non-hydrogen) atoms. The smallest absolute Gasteiger partial charge is 0.355 e. The summed E-state index contributed by atoms with van der Waals surface area (Å²) in [6.45, 7) is 12.8. The third-order valence-corrected chi connectivity index (χ3v) is 12.5. The highest BCUT2D eigenvalue weighted by Gasteiger charge is 2.55. The van der Waals surface area contributed by atoms with Crippen LogP contribution in [0.4, 0.5) is 5.69 Å². The van der Waals surface area contributed by atoms with Crippen LogP contribution >= 0.6 is 11.8 Å². The molecule has 1 aromatic rings. The fraction of sp³-hybridized carbons (Fsp3) is 0.520. The monoisotopic (exact) mass is 518 g/mol. The molecule has 2 aliphatic rings. The first-order chi connectivity index (χ1) is 16.3. The fourth-order valence-corrected chi connectivity index (χ4v) is 6.06. The van der Waals surface area contributed by atoms with Gasteiger partial charge in [-0.05, 0) is 60.0 Å². The van der Waals surface area contributed by atoms with E-state index in [2.05, 4.69) is 33.9 Å². The number of carbonyl (C=O) groups excluding carboxylic acids is 2. The van der Waals surface area contributed by atoms with Crippen molar-refractivity contribution in [2.24, 2.45) is 5.92 Å². The van der Waals surface area contributed by atoms with Gasteiger partial charge in [0.25, 0.3) is 5.69 Å². The summed E-state index contributed by atoms with van der Waals surface area (Å²) in [7, 11) is -2.08. The predicted molar refractivity (Wildman–Crippen MR) is 139 cm³/mol. The van der Waals surface area contributed by atoms with E-state index in [1.54, 1.807) is 34.9 Å². The Morgan fingerprint density at radius 2 is 1.89 bits per heavy atom. The number of amides is 1. The van der Waals surface area contributed by atoms with E-state index in [1.165, 1.54) is 12.1 Å². The molecule has 0 N–H and O–H groups in total. The molecule has 190 valence electrons. The number of hydrogen-bond acceptors (Lipinski definition) is 7. The normalized spacial score (nSPS) is 21.2. The molecular formula is C25H34N2O6SSi. The Kier molecular flexibility index (Phi) is 7.98. The van der Waals surface area contributed by atoms with Crippen molar-refractivity contribution in [1.29, 1.82) is 0 Å². The predicted octanol–water partition coefficient (Wildman–Crippen LogP) is 5.41. The van der Waals surface area contributed by atoms with Crippen LogP contribution in [0.5, 0.6) is 0 Å². The van der Waals surface area contributed by atoms with Gasteiger partial charge in [0.05, 0.1) is 23.0 Å². The molecule has 2 heterocycles. The second kappa shape index (κ2) is 10.3. The zero-order valence-corrected chi connectivity index (χ0v) is 23.2. The number of ether oxygens (including phenoxy) is 1. The van der Waals surface area contributed by atoms with Crippen LogP contribution in [0.2, 0.25) is 18.1 Å². The topological polar surface area (TPSA) is 99.0 Å². The number of thioether (sulfide) groups is 1. The van der Waals surface area contributed by atoms with Gasteiger partial charge in [-0.15, -0.1) is 11.8 Å². The van der Waals surface area contributed by atoms with Gasteiger partial charge in [0.1, 0.15) is 12.3 Å². The summed E-state index contributed by atoms with van der Waals surface area (Å²) < 4.78 is 12.0. The lowest BCUT2D eigenvalue weighted by Crippen LogP contribution is -2.65. The standard InChI is InChI=1S/C25H34N2O6SSi/c1-16(33-35(6,7)25(2,3)4)22-21-14-19(34-5)12-13-20(26(21)23(22)28)24(29)32-15-17-8-10-18(11-9-17)27(30)31/h8-13,16,21-22H,14-15H2,1-7H3/t16-,21-,22-/m1/s1. The third-order valence-electron chi connectivity index (χ3n) is 7.15. The minimum Gasteiger partial charge on any atom is -0.456 e. The molecule has 0 radical (unpaired) electrons. The van der Waals surface area contributed by atoms with Gasteiger partial charge < -0.3 is 14.1 Å². The molecule has 1 saturated heterocycles. The van der Waals surface area contributed by atoms with Gasteiger partial charge in [-0.2, -0.15) is 0 Å². The highest BCUT2D eigenvalue weighted by atomic mass is 32.2. The molecule has 3 rings (SSSR count). The van der Waals surface area contributed by atoms with Crippen molar-refractivity contribution < 1.29 is 23.7 Å². The van der Waals surface area contributed by atoms with E-state index in [4.69, 9.17) is 9.16 Å². The van der Waals surface area contributed by atoms with Crippen molar-refractivity contribution in [3.63, 3.8) is 0 Å². The molecule has 0 bridgehead atoms. The van der Waals surface area contributed by atoms with Gasteiger partial charge in [-0.3, -0.25) is 14.9 Å². The van der Waals surface area contributed by atoms with Crippen LogP contribution in [-0.4, -0.2) is 48.4 Å². The summed E-state index contributed by atoms with van der Waals surface area (Å²) in [6.07, 6.45) is 5.89. The number of nitro benzene ring substituents is 1. The molecule has 0 saturated carbocycles. The summed E-state index contributed by atoms with van der Waals surface area (Å²) in [5.74, 6) is -1.06. The number of allylic oxidation sites excluding steroid dienone is 2. The van der Waals surface area contributed by atoms with Gasteiger partial charge in [0.15, 0.2) is 8.32 Å². The minimum absolute atomic E-state index is 0.0221. The second-order valence-corrected chi connectivity index (χ2v) is 16.2. The fourth-order valence-electron chi connectivity index (χ4n) is 4.09.